The Morgan fingerprint density at radius 3 is 1.80 bits per heavy atom. The molecule has 0 amide bonds. The van der Waals surface area contributed by atoms with Gasteiger partial charge in [0.1, 0.15) is 16.0 Å². The summed E-state index contributed by atoms with van der Waals surface area (Å²) in [5, 5.41) is 1.17. The quantitative estimate of drug-likeness (QED) is 0.228. The Hall–Kier alpha value is -5.20. The summed E-state index contributed by atoms with van der Waals surface area (Å²) >= 11 is 1.77. The smallest absolute Gasteiger partial charge is 0.164 e. The molecular formula is C34H21N5S. The van der Waals surface area contributed by atoms with Crippen LogP contribution in [0.1, 0.15) is 0 Å². The van der Waals surface area contributed by atoms with Crippen LogP contribution in [-0.4, -0.2) is 24.3 Å². The molecule has 6 heteroatoms. The van der Waals surface area contributed by atoms with Gasteiger partial charge >= 0.3 is 0 Å². The first-order chi connectivity index (χ1) is 19.8. The molecular weight excluding hydrogens is 510 g/mol. The zero-order valence-corrected chi connectivity index (χ0v) is 22.1. The molecule has 0 fully saturated rings. The molecule has 0 saturated carbocycles. The van der Waals surface area contributed by atoms with E-state index in [-0.39, 0.29) is 0 Å². The number of fused-ring (bicyclic) bond motifs is 5. The van der Waals surface area contributed by atoms with Crippen LogP contribution in [0, 0.1) is 0 Å². The molecule has 0 saturated heterocycles. The zero-order valence-electron chi connectivity index (χ0n) is 21.3. The number of hydrogen-bond donors (Lipinski definition) is 0. The third kappa shape index (κ3) is 3.85. The number of aromatic nitrogens is 5. The summed E-state index contributed by atoms with van der Waals surface area (Å²) in [6, 6.07) is 41.3. The molecule has 0 bridgehead atoms. The van der Waals surface area contributed by atoms with Crippen molar-refractivity contribution in [3.8, 4) is 45.3 Å². The fourth-order valence-electron chi connectivity index (χ4n) is 5.11. The average Bonchev–Trinajstić information content (AvgIpc) is 3.58. The minimum absolute atomic E-state index is 0.647. The summed E-state index contributed by atoms with van der Waals surface area (Å²) in [6.45, 7) is 0. The molecule has 0 spiro atoms. The number of rotatable bonds is 4. The molecule has 188 valence electrons. The molecule has 0 unspecified atom stereocenters. The van der Waals surface area contributed by atoms with E-state index in [1.807, 2.05) is 78.9 Å². The van der Waals surface area contributed by atoms with Gasteiger partial charge in [0, 0.05) is 33.0 Å². The third-order valence-corrected chi connectivity index (χ3v) is 8.24. The SMILES string of the molecule is c1ccc(-c2nc(-c3ccccc3)nc(-c3cccc(-c4ccc5sc6c(nc7ccccn76)c5c4)c3)n2)cc1. The Labute approximate surface area is 234 Å². The van der Waals surface area contributed by atoms with Crippen LogP contribution in [0.15, 0.2) is 128 Å². The van der Waals surface area contributed by atoms with Crippen LogP contribution in [0.2, 0.25) is 0 Å². The van der Waals surface area contributed by atoms with Crippen molar-refractivity contribution in [2.45, 2.75) is 0 Å². The first kappa shape index (κ1) is 22.8. The van der Waals surface area contributed by atoms with Crippen molar-refractivity contribution in [1.29, 1.82) is 0 Å². The Bertz CT molecular complexity index is 2110. The number of nitrogens with zero attached hydrogens (tertiary/aromatic N) is 5. The number of pyridine rings is 1. The van der Waals surface area contributed by atoms with E-state index in [2.05, 4.69) is 53.1 Å². The van der Waals surface area contributed by atoms with Gasteiger partial charge in [-0.25, -0.2) is 19.9 Å². The molecule has 0 radical (unpaired) electrons. The fraction of sp³-hybridized carbons (Fsp3) is 0. The molecule has 4 heterocycles. The molecule has 0 aliphatic carbocycles. The highest BCUT2D eigenvalue weighted by Crippen LogP contribution is 2.37. The lowest BCUT2D eigenvalue weighted by molar-refractivity contribution is 1.07. The molecule has 8 rings (SSSR count). The summed E-state index contributed by atoms with van der Waals surface area (Å²) in [6.07, 6.45) is 2.08. The van der Waals surface area contributed by atoms with Crippen molar-refractivity contribution >= 4 is 37.4 Å². The number of imidazole rings is 1. The molecule has 8 aromatic rings. The predicted molar refractivity (Wildman–Crippen MR) is 163 cm³/mol. The molecule has 4 aromatic heterocycles. The van der Waals surface area contributed by atoms with Gasteiger partial charge in [-0.05, 0) is 41.5 Å². The lowest BCUT2D eigenvalue weighted by Gasteiger charge is -2.09. The van der Waals surface area contributed by atoms with Crippen molar-refractivity contribution < 1.29 is 0 Å². The van der Waals surface area contributed by atoms with Gasteiger partial charge in [0.15, 0.2) is 17.5 Å². The van der Waals surface area contributed by atoms with E-state index in [1.54, 1.807) is 11.3 Å². The third-order valence-electron chi connectivity index (χ3n) is 7.08. The summed E-state index contributed by atoms with van der Waals surface area (Å²) in [7, 11) is 0. The van der Waals surface area contributed by atoms with E-state index in [0.717, 1.165) is 39.0 Å². The van der Waals surface area contributed by atoms with Gasteiger partial charge in [-0.2, -0.15) is 0 Å². The Morgan fingerprint density at radius 2 is 1.07 bits per heavy atom. The summed E-state index contributed by atoms with van der Waals surface area (Å²) in [5.74, 6) is 1.96. The van der Waals surface area contributed by atoms with E-state index >= 15 is 0 Å². The first-order valence-electron chi connectivity index (χ1n) is 13.1. The van der Waals surface area contributed by atoms with Crippen LogP contribution < -0.4 is 0 Å². The molecule has 0 aliphatic rings. The van der Waals surface area contributed by atoms with Crippen LogP contribution in [0.3, 0.4) is 0 Å². The van der Waals surface area contributed by atoms with E-state index in [4.69, 9.17) is 19.9 Å². The second-order valence-corrected chi connectivity index (χ2v) is 10.7. The number of thiophene rings is 1. The predicted octanol–water partition coefficient (Wildman–Crippen LogP) is 8.56. The second kappa shape index (κ2) is 9.22. The van der Waals surface area contributed by atoms with Crippen molar-refractivity contribution in [3.63, 3.8) is 0 Å². The van der Waals surface area contributed by atoms with E-state index in [0.29, 0.717) is 17.5 Å². The van der Waals surface area contributed by atoms with E-state index in [1.165, 1.54) is 14.9 Å². The monoisotopic (exact) mass is 531 g/mol. The molecule has 4 aromatic carbocycles. The fourth-order valence-corrected chi connectivity index (χ4v) is 6.22. The lowest BCUT2D eigenvalue weighted by atomic mass is 10.0. The van der Waals surface area contributed by atoms with Crippen molar-refractivity contribution in [2.75, 3.05) is 0 Å². The van der Waals surface area contributed by atoms with Gasteiger partial charge in [-0.15, -0.1) is 11.3 Å². The highest BCUT2D eigenvalue weighted by Gasteiger charge is 2.15. The highest BCUT2D eigenvalue weighted by atomic mass is 32.1. The number of benzene rings is 4. The van der Waals surface area contributed by atoms with Crippen molar-refractivity contribution in [2.24, 2.45) is 0 Å². The topological polar surface area (TPSA) is 56.0 Å². The molecule has 40 heavy (non-hydrogen) atoms. The molecule has 5 nitrogen and oxygen atoms in total. The molecule has 0 aliphatic heterocycles. The van der Waals surface area contributed by atoms with E-state index in [9.17, 15) is 0 Å². The average molecular weight is 532 g/mol. The summed E-state index contributed by atoms with van der Waals surface area (Å²) < 4.78 is 3.39. The van der Waals surface area contributed by atoms with E-state index < -0.39 is 0 Å². The van der Waals surface area contributed by atoms with Crippen LogP contribution >= 0.6 is 11.3 Å². The summed E-state index contributed by atoms with van der Waals surface area (Å²) in [4.78, 5) is 20.7. The first-order valence-corrected chi connectivity index (χ1v) is 13.9. The van der Waals surface area contributed by atoms with Gasteiger partial charge in [0.2, 0.25) is 0 Å². The van der Waals surface area contributed by atoms with Crippen LogP contribution in [0.4, 0.5) is 0 Å². The van der Waals surface area contributed by atoms with Crippen LogP contribution in [0.25, 0.3) is 71.4 Å². The maximum atomic E-state index is 4.93. The minimum Gasteiger partial charge on any atom is -0.291 e. The Kier molecular flexibility index (Phi) is 5.24. The maximum absolute atomic E-state index is 4.93. The standard InChI is InChI=1S/C34H21N5S/c1-3-10-22(11-4-1)31-36-32(23-12-5-2-6-13-23)38-33(37-31)26-15-9-14-24(20-26)25-17-18-28-27(21-25)30-34(40-28)39-19-8-7-16-29(39)35-30/h1-21H. The van der Waals surface area contributed by atoms with Gasteiger partial charge in [-0.1, -0.05) is 91.0 Å². The molecule has 0 N–H and O–H groups in total. The van der Waals surface area contributed by atoms with Gasteiger partial charge in [-0.3, -0.25) is 4.40 Å². The van der Waals surface area contributed by atoms with Crippen molar-refractivity contribution in [1.82, 2.24) is 24.3 Å². The van der Waals surface area contributed by atoms with Crippen molar-refractivity contribution in [3.05, 3.63) is 128 Å². The van der Waals surface area contributed by atoms with Crippen LogP contribution in [0.5, 0.6) is 0 Å². The lowest BCUT2D eigenvalue weighted by Crippen LogP contribution is -2.00. The Balaban J connectivity index is 1.26. The summed E-state index contributed by atoms with van der Waals surface area (Å²) in [5.41, 5.74) is 7.10. The van der Waals surface area contributed by atoms with Gasteiger partial charge < -0.3 is 0 Å². The minimum atomic E-state index is 0.647. The van der Waals surface area contributed by atoms with Gasteiger partial charge in [0.25, 0.3) is 0 Å². The maximum Gasteiger partial charge on any atom is 0.164 e. The number of hydrogen-bond acceptors (Lipinski definition) is 5. The van der Waals surface area contributed by atoms with Gasteiger partial charge in [0.05, 0.1) is 0 Å². The normalized spacial score (nSPS) is 11.5. The molecule has 0 atom stereocenters. The second-order valence-electron chi connectivity index (χ2n) is 9.63. The Morgan fingerprint density at radius 1 is 0.475 bits per heavy atom. The zero-order chi connectivity index (χ0) is 26.5. The highest BCUT2D eigenvalue weighted by molar-refractivity contribution is 7.25. The largest absolute Gasteiger partial charge is 0.291 e. The van der Waals surface area contributed by atoms with Crippen LogP contribution in [-0.2, 0) is 0 Å².